The van der Waals surface area contributed by atoms with Gasteiger partial charge in [-0.1, -0.05) is 6.07 Å². The van der Waals surface area contributed by atoms with Gasteiger partial charge in [-0.2, -0.15) is 0 Å². The number of anilines is 1. The first-order valence-electron chi connectivity index (χ1n) is 7.17. The molecule has 0 aliphatic rings. The fraction of sp³-hybridized carbons (Fsp3) is 0.188. The largest absolute Gasteiger partial charge is 0.449 e. The van der Waals surface area contributed by atoms with E-state index in [1.807, 2.05) is 0 Å². The van der Waals surface area contributed by atoms with Crippen molar-refractivity contribution >= 4 is 35.0 Å². The molecule has 0 bridgehead atoms. The smallest absolute Gasteiger partial charge is 0.341 e. The number of pyridine rings is 1. The lowest BCUT2D eigenvalue weighted by molar-refractivity contribution is -0.384. The summed E-state index contributed by atoms with van der Waals surface area (Å²) in [5.74, 6) is -1.26. The molecule has 1 aromatic heterocycles. The molecule has 0 saturated heterocycles. The van der Waals surface area contributed by atoms with E-state index in [2.05, 4.69) is 10.3 Å². The molecule has 8 nitrogen and oxygen atoms in total. The van der Waals surface area contributed by atoms with Gasteiger partial charge in [-0.3, -0.25) is 14.9 Å². The number of amides is 1. The highest BCUT2D eigenvalue weighted by molar-refractivity contribution is 7.98. The molecule has 130 valence electrons. The molecule has 9 heteroatoms. The number of benzene rings is 1. The number of nitrogens with one attached hydrogen (secondary N) is 1. The molecule has 0 radical (unpaired) electrons. The number of hydrogen-bond donors (Lipinski definition) is 1. The molecule has 0 spiro atoms. The molecule has 0 fully saturated rings. The third kappa shape index (κ3) is 4.77. The molecule has 0 aliphatic carbocycles. The van der Waals surface area contributed by atoms with Gasteiger partial charge < -0.3 is 10.1 Å². The number of non-ortho nitro benzene ring substituents is 1. The van der Waals surface area contributed by atoms with Crippen molar-refractivity contribution in [3.8, 4) is 0 Å². The second-order valence-corrected chi connectivity index (χ2v) is 5.70. The van der Waals surface area contributed by atoms with Crippen LogP contribution < -0.4 is 5.32 Å². The summed E-state index contributed by atoms with van der Waals surface area (Å²) in [6.07, 6.45) is 2.25. The van der Waals surface area contributed by atoms with Crippen molar-refractivity contribution in [3.05, 3.63) is 58.3 Å². The Balaban J connectivity index is 2.04. The number of ether oxygens (including phenoxy) is 1. The molecular weight excluding hydrogens is 346 g/mol. The minimum atomic E-state index is -1.08. The van der Waals surface area contributed by atoms with Gasteiger partial charge in [-0.15, -0.1) is 11.8 Å². The van der Waals surface area contributed by atoms with Gasteiger partial charge in [-0.25, -0.2) is 9.78 Å². The lowest BCUT2D eigenvalue weighted by Crippen LogP contribution is -2.30. The zero-order chi connectivity index (χ0) is 18.4. The van der Waals surface area contributed by atoms with Crippen molar-refractivity contribution < 1.29 is 19.2 Å². The third-order valence-electron chi connectivity index (χ3n) is 3.16. The van der Waals surface area contributed by atoms with Crippen LogP contribution in [0.2, 0.25) is 0 Å². The monoisotopic (exact) mass is 361 g/mol. The number of aromatic nitrogens is 1. The topological polar surface area (TPSA) is 111 Å². The SMILES string of the molecule is CSc1ncccc1C(=O)OC(C)C(=O)Nc1cccc([N+](=O)[O-])c1. The van der Waals surface area contributed by atoms with Crippen molar-refractivity contribution in [2.45, 2.75) is 18.1 Å². The van der Waals surface area contributed by atoms with Gasteiger partial charge in [0.15, 0.2) is 6.10 Å². The Morgan fingerprint density at radius 2 is 2.08 bits per heavy atom. The van der Waals surface area contributed by atoms with E-state index in [9.17, 15) is 19.7 Å². The van der Waals surface area contributed by atoms with Gasteiger partial charge >= 0.3 is 5.97 Å². The Labute approximate surface area is 147 Å². The maximum Gasteiger partial charge on any atom is 0.341 e. The number of thioether (sulfide) groups is 1. The van der Waals surface area contributed by atoms with E-state index in [-0.39, 0.29) is 16.9 Å². The van der Waals surface area contributed by atoms with Crippen LogP contribution in [0.4, 0.5) is 11.4 Å². The fourth-order valence-electron chi connectivity index (χ4n) is 1.93. The Bertz CT molecular complexity index is 812. The number of hydrogen-bond acceptors (Lipinski definition) is 7. The number of nitro benzene ring substituents is 1. The minimum absolute atomic E-state index is 0.151. The predicted octanol–water partition coefficient (Wildman–Crippen LogP) is 2.90. The lowest BCUT2D eigenvalue weighted by Gasteiger charge is -2.14. The first kappa shape index (κ1) is 18.4. The van der Waals surface area contributed by atoms with Crippen molar-refractivity contribution in [1.29, 1.82) is 0 Å². The number of rotatable bonds is 6. The third-order valence-corrected chi connectivity index (χ3v) is 3.87. The summed E-state index contributed by atoms with van der Waals surface area (Å²) < 4.78 is 5.15. The van der Waals surface area contributed by atoms with Gasteiger partial charge in [0.25, 0.3) is 11.6 Å². The molecule has 2 rings (SSSR count). The standard InChI is InChI=1S/C16H15N3O5S/c1-10(24-16(21)13-7-4-8-17-15(13)25-2)14(20)18-11-5-3-6-12(9-11)19(22)23/h3-10H,1-2H3,(H,18,20). The fourth-order valence-corrected chi connectivity index (χ4v) is 2.47. The summed E-state index contributed by atoms with van der Waals surface area (Å²) >= 11 is 1.29. The van der Waals surface area contributed by atoms with Crippen molar-refractivity contribution in [1.82, 2.24) is 4.98 Å². The summed E-state index contributed by atoms with van der Waals surface area (Å²) in [6, 6.07) is 8.65. The summed E-state index contributed by atoms with van der Waals surface area (Å²) in [5.41, 5.74) is 0.362. The van der Waals surface area contributed by atoms with E-state index < -0.39 is 22.9 Å². The van der Waals surface area contributed by atoms with Gasteiger partial charge in [0, 0.05) is 24.0 Å². The Morgan fingerprint density at radius 3 is 2.76 bits per heavy atom. The van der Waals surface area contributed by atoms with Gasteiger partial charge in [0.1, 0.15) is 5.03 Å². The molecule has 1 N–H and O–H groups in total. The number of carbonyl (C=O) groups is 2. The summed E-state index contributed by atoms with van der Waals surface area (Å²) in [7, 11) is 0. The predicted molar refractivity (Wildman–Crippen MR) is 92.6 cm³/mol. The van der Waals surface area contributed by atoms with Crippen LogP contribution in [-0.4, -0.2) is 34.1 Å². The van der Waals surface area contributed by atoms with Crippen molar-refractivity contribution in [3.63, 3.8) is 0 Å². The molecule has 1 atom stereocenters. The van der Waals surface area contributed by atoms with Crippen molar-refractivity contribution in [2.24, 2.45) is 0 Å². The number of carbonyl (C=O) groups excluding carboxylic acids is 2. The second-order valence-electron chi connectivity index (χ2n) is 4.90. The first-order valence-corrected chi connectivity index (χ1v) is 8.40. The van der Waals surface area contributed by atoms with E-state index in [1.54, 1.807) is 24.6 Å². The molecule has 1 heterocycles. The minimum Gasteiger partial charge on any atom is -0.449 e. The van der Waals surface area contributed by atoms with Crippen LogP contribution in [-0.2, 0) is 9.53 Å². The van der Waals surface area contributed by atoms with Crippen LogP contribution in [0, 0.1) is 10.1 Å². The van der Waals surface area contributed by atoms with E-state index in [0.29, 0.717) is 5.03 Å². The van der Waals surface area contributed by atoms with E-state index in [1.165, 1.54) is 43.0 Å². The lowest BCUT2D eigenvalue weighted by atomic mass is 10.2. The van der Waals surface area contributed by atoms with E-state index >= 15 is 0 Å². The van der Waals surface area contributed by atoms with Crippen LogP contribution in [0.5, 0.6) is 0 Å². The maximum atomic E-state index is 12.2. The van der Waals surface area contributed by atoms with Crippen LogP contribution in [0.25, 0.3) is 0 Å². The van der Waals surface area contributed by atoms with Gasteiger partial charge in [-0.05, 0) is 31.4 Å². The molecule has 25 heavy (non-hydrogen) atoms. The quantitative estimate of drug-likeness (QED) is 0.364. The zero-order valence-corrected chi connectivity index (χ0v) is 14.3. The first-order chi connectivity index (χ1) is 11.9. The average Bonchev–Trinajstić information content (AvgIpc) is 2.61. The zero-order valence-electron chi connectivity index (χ0n) is 13.5. The number of nitrogens with zero attached hydrogens (tertiary/aromatic N) is 2. The summed E-state index contributed by atoms with van der Waals surface area (Å²) in [4.78, 5) is 38.6. The highest BCUT2D eigenvalue weighted by atomic mass is 32.2. The van der Waals surface area contributed by atoms with Crippen LogP contribution in [0.1, 0.15) is 17.3 Å². The van der Waals surface area contributed by atoms with Gasteiger partial charge in [0.2, 0.25) is 0 Å². The normalized spacial score (nSPS) is 11.4. The van der Waals surface area contributed by atoms with E-state index in [0.717, 1.165) is 0 Å². The molecule has 2 aromatic rings. The van der Waals surface area contributed by atoms with Crippen molar-refractivity contribution in [2.75, 3.05) is 11.6 Å². The van der Waals surface area contributed by atoms with Crippen LogP contribution >= 0.6 is 11.8 Å². The summed E-state index contributed by atoms with van der Waals surface area (Å²) in [5, 5.41) is 13.7. The molecule has 0 aliphatic heterocycles. The van der Waals surface area contributed by atoms with Gasteiger partial charge in [0.05, 0.1) is 10.5 Å². The molecule has 1 unspecified atom stereocenters. The highest BCUT2D eigenvalue weighted by Crippen LogP contribution is 2.19. The Kier molecular flexibility index (Phi) is 6.07. The average molecular weight is 361 g/mol. The second kappa shape index (κ2) is 8.25. The van der Waals surface area contributed by atoms with Crippen LogP contribution in [0.15, 0.2) is 47.6 Å². The van der Waals surface area contributed by atoms with Crippen LogP contribution in [0.3, 0.4) is 0 Å². The maximum absolute atomic E-state index is 12.2. The molecule has 1 aromatic carbocycles. The number of esters is 1. The summed E-state index contributed by atoms with van der Waals surface area (Å²) in [6.45, 7) is 1.42. The number of nitro groups is 1. The Hall–Kier alpha value is -2.94. The van der Waals surface area contributed by atoms with E-state index in [4.69, 9.17) is 4.74 Å². The molecule has 1 amide bonds. The molecule has 0 saturated carbocycles. The molecular formula is C16H15N3O5S. The highest BCUT2D eigenvalue weighted by Gasteiger charge is 2.21. The Morgan fingerprint density at radius 1 is 1.32 bits per heavy atom.